The molecule has 0 saturated heterocycles. The van der Waals surface area contributed by atoms with Gasteiger partial charge in [-0.25, -0.2) is 0 Å². The number of hydrazine groups is 1. The molecule has 0 radical (unpaired) electrons. The third-order valence-corrected chi connectivity index (χ3v) is 4.33. The van der Waals surface area contributed by atoms with Crippen molar-refractivity contribution in [2.45, 2.75) is 38.3 Å². The fourth-order valence-corrected chi connectivity index (χ4v) is 3.15. The molecule has 21 heavy (non-hydrogen) atoms. The van der Waals surface area contributed by atoms with Gasteiger partial charge in [0.2, 0.25) is 0 Å². The van der Waals surface area contributed by atoms with Crippen LogP contribution in [0.2, 0.25) is 0 Å². The first-order valence-corrected chi connectivity index (χ1v) is 7.77. The molecule has 5 nitrogen and oxygen atoms in total. The van der Waals surface area contributed by atoms with E-state index in [9.17, 15) is 0 Å². The molecule has 1 unspecified atom stereocenters. The zero-order valence-electron chi connectivity index (χ0n) is 12.5. The highest BCUT2D eigenvalue weighted by Gasteiger charge is 2.31. The minimum atomic E-state index is 0.147. The van der Waals surface area contributed by atoms with Crippen molar-refractivity contribution in [1.82, 2.24) is 5.43 Å². The maximum absolute atomic E-state index is 5.75. The van der Waals surface area contributed by atoms with Gasteiger partial charge in [-0.1, -0.05) is 6.07 Å². The van der Waals surface area contributed by atoms with Gasteiger partial charge in [0.15, 0.2) is 11.5 Å². The van der Waals surface area contributed by atoms with Crippen LogP contribution in [0.25, 0.3) is 0 Å². The van der Waals surface area contributed by atoms with Crippen LogP contribution < -0.4 is 20.7 Å². The lowest BCUT2D eigenvalue weighted by Gasteiger charge is -2.37. The van der Waals surface area contributed by atoms with E-state index in [1.807, 2.05) is 19.1 Å². The highest BCUT2D eigenvalue weighted by atomic mass is 16.6. The Morgan fingerprint density at radius 2 is 2.05 bits per heavy atom. The van der Waals surface area contributed by atoms with Crippen LogP contribution in [0.15, 0.2) is 18.2 Å². The van der Waals surface area contributed by atoms with Gasteiger partial charge < -0.3 is 14.2 Å². The molecule has 0 spiro atoms. The molecule has 1 fully saturated rings. The number of benzene rings is 1. The average molecular weight is 292 g/mol. The summed E-state index contributed by atoms with van der Waals surface area (Å²) in [6, 6.07) is 6.22. The Morgan fingerprint density at radius 1 is 1.29 bits per heavy atom. The highest BCUT2D eigenvalue weighted by molar-refractivity contribution is 5.44. The fourth-order valence-electron chi connectivity index (χ4n) is 3.15. The maximum Gasteiger partial charge on any atom is 0.161 e. The number of hydrogen-bond donors (Lipinski definition) is 2. The molecule has 1 aromatic rings. The molecule has 1 heterocycles. The van der Waals surface area contributed by atoms with Gasteiger partial charge in [-0.15, -0.1) is 0 Å². The Bertz CT molecular complexity index is 475. The van der Waals surface area contributed by atoms with Crippen LogP contribution in [-0.2, 0) is 4.74 Å². The first-order chi connectivity index (χ1) is 10.3. The molecular weight excluding hydrogens is 268 g/mol. The molecule has 0 aromatic heterocycles. The van der Waals surface area contributed by atoms with Crippen LogP contribution in [-0.4, -0.2) is 25.9 Å². The summed E-state index contributed by atoms with van der Waals surface area (Å²) in [5, 5.41) is 0. The van der Waals surface area contributed by atoms with Crippen molar-refractivity contribution < 1.29 is 14.2 Å². The van der Waals surface area contributed by atoms with Crippen molar-refractivity contribution in [3.63, 3.8) is 0 Å². The highest BCUT2D eigenvalue weighted by Crippen LogP contribution is 2.39. The second kappa shape index (κ2) is 6.64. The molecule has 2 aliphatic rings. The topological polar surface area (TPSA) is 65.7 Å². The minimum Gasteiger partial charge on any atom is -0.486 e. The molecule has 0 bridgehead atoms. The Balaban J connectivity index is 1.61. The quantitative estimate of drug-likeness (QED) is 0.621. The molecule has 3 N–H and O–H groups in total. The third-order valence-electron chi connectivity index (χ3n) is 4.33. The smallest absolute Gasteiger partial charge is 0.161 e. The number of ether oxygens (including phenoxy) is 3. The number of rotatable bonds is 6. The lowest BCUT2D eigenvalue weighted by atomic mass is 9.77. The molecule has 0 amide bonds. The summed E-state index contributed by atoms with van der Waals surface area (Å²) in [5.41, 5.74) is 4.09. The van der Waals surface area contributed by atoms with E-state index in [1.54, 1.807) is 0 Å². The van der Waals surface area contributed by atoms with Crippen LogP contribution >= 0.6 is 0 Å². The van der Waals surface area contributed by atoms with Crippen LogP contribution in [0.4, 0.5) is 0 Å². The molecule has 1 atom stereocenters. The van der Waals surface area contributed by atoms with Gasteiger partial charge in [-0.2, -0.15) is 0 Å². The van der Waals surface area contributed by atoms with Crippen molar-refractivity contribution >= 4 is 0 Å². The van der Waals surface area contributed by atoms with Crippen LogP contribution in [0, 0.1) is 5.92 Å². The van der Waals surface area contributed by atoms with Gasteiger partial charge >= 0.3 is 0 Å². The summed E-state index contributed by atoms with van der Waals surface area (Å²) < 4.78 is 16.8. The van der Waals surface area contributed by atoms with Crippen molar-refractivity contribution in [1.29, 1.82) is 0 Å². The van der Waals surface area contributed by atoms with E-state index in [0.717, 1.165) is 42.9 Å². The SMILES string of the molecule is CCOC1CC(CC(NN)c2ccc3c(c2)OCCO3)C1. The van der Waals surface area contributed by atoms with E-state index in [2.05, 4.69) is 11.5 Å². The second-order valence-electron chi connectivity index (χ2n) is 5.77. The van der Waals surface area contributed by atoms with Crippen LogP contribution in [0.1, 0.15) is 37.8 Å². The number of nitrogens with two attached hydrogens (primary N) is 1. The van der Waals surface area contributed by atoms with Gasteiger partial charge in [-0.3, -0.25) is 11.3 Å². The summed E-state index contributed by atoms with van der Waals surface area (Å²) in [4.78, 5) is 0. The molecule has 116 valence electrons. The van der Waals surface area contributed by atoms with Gasteiger partial charge in [0.25, 0.3) is 0 Å². The zero-order valence-corrected chi connectivity index (χ0v) is 12.5. The fraction of sp³-hybridized carbons (Fsp3) is 0.625. The molecule has 5 heteroatoms. The van der Waals surface area contributed by atoms with Crippen molar-refractivity contribution in [3.05, 3.63) is 23.8 Å². The van der Waals surface area contributed by atoms with E-state index < -0.39 is 0 Å². The second-order valence-corrected chi connectivity index (χ2v) is 5.77. The summed E-state index contributed by atoms with van der Waals surface area (Å²) in [5.74, 6) is 8.06. The molecule has 1 aliphatic heterocycles. The summed E-state index contributed by atoms with van der Waals surface area (Å²) in [7, 11) is 0. The van der Waals surface area contributed by atoms with Crippen LogP contribution in [0.5, 0.6) is 11.5 Å². The van der Waals surface area contributed by atoms with Gasteiger partial charge in [0.05, 0.1) is 6.10 Å². The Morgan fingerprint density at radius 3 is 2.76 bits per heavy atom. The lowest BCUT2D eigenvalue weighted by molar-refractivity contribution is -0.0291. The van der Waals surface area contributed by atoms with Gasteiger partial charge in [-0.05, 0) is 49.8 Å². The molecular formula is C16H24N2O3. The Kier molecular flexibility index (Phi) is 4.63. The number of nitrogens with one attached hydrogen (secondary N) is 1. The van der Waals surface area contributed by atoms with Crippen molar-refractivity contribution in [3.8, 4) is 11.5 Å². The molecule has 1 saturated carbocycles. The van der Waals surface area contributed by atoms with Gasteiger partial charge in [0, 0.05) is 12.6 Å². The van der Waals surface area contributed by atoms with Gasteiger partial charge in [0.1, 0.15) is 13.2 Å². The van der Waals surface area contributed by atoms with E-state index in [1.165, 1.54) is 0 Å². The Labute approximate surface area is 125 Å². The number of hydrogen-bond acceptors (Lipinski definition) is 5. The standard InChI is InChI=1S/C16H24N2O3/c1-2-19-13-7-11(8-13)9-14(18-17)12-3-4-15-16(10-12)21-6-5-20-15/h3-4,10-11,13-14,18H,2,5-9,17H2,1H3. The largest absolute Gasteiger partial charge is 0.486 e. The molecule has 1 aromatic carbocycles. The predicted molar refractivity (Wildman–Crippen MR) is 80.3 cm³/mol. The first kappa shape index (κ1) is 14.6. The monoisotopic (exact) mass is 292 g/mol. The van der Waals surface area contributed by atoms with Crippen molar-refractivity contribution in [2.75, 3.05) is 19.8 Å². The van der Waals surface area contributed by atoms with Crippen molar-refractivity contribution in [2.24, 2.45) is 11.8 Å². The minimum absolute atomic E-state index is 0.147. The first-order valence-electron chi connectivity index (χ1n) is 7.77. The predicted octanol–water partition coefficient (Wildman–Crippen LogP) is 2.17. The average Bonchev–Trinajstić information content (AvgIpc) is 2.49. The van der Waals surface area contributed by atoms with E-state index in [-0.39, 0.29) is 6.04 Å². The molecule has 3 rings (SSSR count). The third kappa shape index (κ3) is 3.31. The summed E-state index contributed by atoms with van der Waals surface area (Å²) in [6.45, 7) is 4.08. The molecule has 1 aliphatic carbocycles. The normalized spacial score (nSPS) is 25.2. The van der Waals surface area contributed by atoms with Crippen LogP contribution in [0.3, 0.4) is 0 Å². The number of fused-ring (bicyclic) bond motifs is 1. The Hall–Kier alpha value is -1.30. The van der Waals surface area contributed by atoms with E-state index in [0.29, 0.717) is 25.2 Å². The summed E-state index contributed by atoms with van der Waals surface area (Å²) in [6.07, 6.45) is 3.74. The summed E-state index contributed by atoms with van der Waals surface area (Å²) >= 11 is 0. The van der Waals surface area contributed by atoms with E-state index in [4.69, 9.17) is 20.1 Å². The lowest BCUT2D eigenvalue weighted by Crippen LogP contribution is -2.36. The van der Waals surface area contributed by atoms with E-state index >= 15 is 0 Å². The maximum atomic E-state index is 5.75. The zero-order chi connectivity index (χ0) is 14.7.